The summed E-state index contributed by atoms with van der Waals surface area (Å²) in [6.45, 7) is 0. The third-order valence-electron chi connectivity index (χ3n) is 3.77. The highest BCUT2D eigenvalue weighted by Gasteiger charge is 2.33. The standard InChI is InChI=1S/C16H23N5O12/c17-5(1-10(23)24)13(29)19-7(3-11(25)26)15(31)20-6(2-9(18)22)14(30)21-8(16(32)33)4-12(27)28/h5-8H,1-4,17H2,(H2,18,22)(H,19,29)(H,20,31)(H,21,30)(H,23,24)(H,25,26)(H,27,28)(H,32,33). The van der Waals surface area contributed by atoms with Crippen LogP contribution < -0.4 is 27.4 Å². The molecule has 0 aliphatic rings. The Labute approximate surface area is 184 Å². The number of aliphatic carboxylic acids is 4. The molecule has 33 heavy (non-hydrogen) atoms. The Hall–Kier alpha value is -4.28. The first-order valence-electron chi connectivity index (χ1n) is 8.97. The molecule has 0 aromatic heterocycles. The fourth-order valence-corrected chi connectivity index (χ4v) is 2.27. The monoisotopic (exact) mass is 477 g/mol. The number of nitrogens with one attached hydrogen (secondary N) is 3. The summed E-state index contributed by atoms with van der Waals surface area (Å²) in [5.74, 6) is -11.4. The van der Waals surface area contributed by atoms with Gasteiger partial charge in [0, 0.05) is 0 Å². The van der Waals surface area contributed by atoms with Gasteiger partial charge in [0.25, 0.3) is 0 Å². The van der Waals surface area contributed by atoms with Gasteiger partial charge in [-0.3, -0.25) is 33.6 Å². The molecule has 0 saturated carbocycles. The fraction of sp³-hybridized carbons (Fsp3) is 0.500. The Bertz CT molecular complexity index is 829. The number of nitrogens with two attached hydrogens (primary N) is 2. The van der Waals surface area contributed by atoms with Gasteiger partial charge in [-0.25, -0.2) is 4.79 Å². The van der Waals surface area contributed by atoms with Crippen molar-refractivity contribution < 1.29 is 58.8 Å². The molecule has 0 bridgehead atoms. The number of primary amides is 1. The van der Waals surface area contributed by atoms with E-state index in [2.05, 4.69) is 0 Å². The zero-order valence-electron chi connectivity index (χ0n) is 16.8. The number of rotatable bonds is 15. The van der Waals surface area contributed by atoms with Crippen LogP contribution in [-0.2, 0) is 38.4 Å². The summed E-state index contributed by atoms with van der Waals surface area (Å²) in [5, 5.41) is 40.9. The molecule has 0 fully saturated rings. The van der Waals surface area contributed by atoms with Gasteiger partial charge in [-0.2, -0.15) is 0 Å². The molecule has 0 radical (unpaired) electrons. The second-order valence-electron chi connectivity index (χ2n) is 6.59. The summed E-state index contributed by atoms with van der Waals surface area (Å²) in [4.78, 5) is 91.5. The van der Waals surface area contributed by atoms with E-state index in [4.69, 9.17) is 31.9 Å². The van der Waals surface area contributed by atoms with Crippen LogP contribution in [0.5, 0.6) is 0 Å². The zero-order chi connectivity index (χ0) is 25.9. The smallest absolute Gasteiger partial charge is 0.326 e. The first kappa shape index (κ1) is 28.7. The highest BCUT2D eigenvalue weighted by molar-refractivity contribution is 5.98. The molecule has 0 heterocycles. The lowest BCUT2D eigenvalue weighted by Gasteiger charge is -2.23. The Morgan fingerprint density at radius 3 is 1.33 bits per heavy atom. The molecule has 11 N–H and O–H groups in total. The topological polar surface area (TPSA) is 306 Å². The molecule has 17 heteroatoms. The Morgan fingerprint density at radius 1 is 0.576 bits per heavy atom. The SMILES string of the molecule is NC(=O)CC(NC(=O)C(CC(=O)O)NC(=O)C(N)CC(=O)O)C(=O)NC(CC(=O)O)C(=O)O. The Morgan fingerprint density at radius 2 is 0.939 bits per heavy atom. The molecule has 17 nitrogen and oxygen atoms in total. The molecule has 4 atom stereocenters. The minimum absolute atomic E-state index is 0.847. The highest BCUT2D eigenvalue weighted by atomic mass is 16.4. The van der Waals surface area contributed by atoms with Crippen molar-refractivity contribution in [3.8, 4) is 0 Å². The summed E-state index contributed by atoms with van der Waals surface area (Å²) < 4.78 is 0. The lowest BCUT2D eigenvalue weighted by Crippen LogP contribution is -2.58. The van der Waals surface area contributed by atoms with Crippen molar-refractivity contribution in [2.75, 3.05) is 0 Å². The van der Waals surface area contributed by atoms with Crippen molar-refractivity contribution >= 4 is 47.5 Å². The molecule has 4 unspecified atom stereocenters. The van der Waals surface area contributed by atoms with Gasteiger partial charge in [0.05, 0.1) is 31.7 Å². The summed E-state index contributed by atoms with van der Waals surface area (Å²) in [5.41, 5.74) is 10.3. The Kier molecular flexibility index (Phi) is 11.5. The fourth-order valence-electron chi connectivity index (χ4n) is 2.27. The predicted molar refractivity (Wildman–Crippen MR) is 102 cm³/mol. The van der Waals surface area contributed by atoms with Gasteiger partial charge in [-0.15, -0.1) is 0 Å². The van der Waals surface area contributed by atoms with Gasteiger partial charge in [0.15, 0.2) is 0 Å². The number of carboxylic acid groups (broad SMARTS) is 4. The van der Waals surface area contributed by atoms with E-state index in [0.29, 0.717) is 0 Å². The minimum atomic E-state index is -1.94. The van der Waals surface area contributed by atoms with E-state index in [-0.39, 0.29) is 0 Å². The van der Waals surface area contributed by atoms with Crippen LogP contribution in [0.4, 0.5) is 0 Å². The van der Waals surface area contributed by atoms with E-state index >= 15 is 0 Å². The van der Waals surface area contributed by atoms with Crippen LogP contribution in [0, 0.1) is 0 Å². The third-order valence-corrected chi connectivity index (χ3v) is 3.77. The van der Waals surface area contributed by atoms with E-state index in [1.807, 2.05) is 10.6 Å². The van der Waals surface area contributed by atoms with E-state index in [0.717, 1.165) is 0 Å². The number of amides is 4. The molecule has 0 aliphatic carbocycles. The molecule has 4 amide bonds. The van der Waals surface area contributed by atoms with Crippen LogP contribution >= 0.6 is 0 Å². The van der Waals surface area contributed by atoms with Gasteiger partial charge in [-0.1, -0.05) is 0 Å². The molecule has 0 aromatic carbocycles. The average molecular weight is 477 g/mol. The minimum Gasteiger partial charge on any atom is -0.481 e. The normalized spacial score (nSPS) is 14.0. The van der Waals surface area contributed by atoms with Crippen LogP contribution in [0.3, 0.4) is 0 Å². The van der Waals surface area contributed by atoms with Crippen LogP contribution in [0.15, 0.2) is 0 Å². The van der Waals surface area contributed by atoms with Gasteiger partial charge in [0.2, 0.25) is 23.6 Å². The lowest BCUT2D eigenvalue weighted by molar-refractivity contribution is -0.147. The Balaban J connectivity index is 5.58. The van der Waals surface area contributed by atoms with Gasteiger partial charge in [0.1, 0.15) is 18.1 Å². The summed E-state index contributed by atoms with van der Waals surface area (Å²) >= 11 is 0. The van der Waals surface area contributed by atoms with Gasteiger partial charge >= 0.3 is 23.9 Å². The van der Waals surface area contributed by atoms with Gasteiger partial charge in [-0.05, 0) is 0 Å². The number of carbonyl (C=O) groups excluding carboxylic acids is 4. The molecule has 0 aromatic rings. The molecule has 0 saturated heterocycles. The van der Waals surface area contributed by atoms with Gasteiger partial charge < -0.3 is 47.8 Å². The van der Waals surface area contributed by atoms with E-state index in [1.165, 1.54) is 0 Å². The summed E-state index contributed by atoms with van der Waals surface area (Å²) in [7, 11) is 0. The summed E-state index contributed by atoms with van der Waals surface area (Å²) in [6.07, 6.45) is -3.83. The van der Waals surface area contributed by atoms with Crippen molar-refractivity contribution in [2.45, 2.75) is 49.9 Å². The third kappa shape index (κ3) is 11.6. The molecule has 0 spiro atoms. The summed E-state index contributed by atoms with van der Waals surface area (Å²) in [6, 6.07) is -7.34. The molecular formula is C16H23N5O12. The number of carbonyl (C=O) groups is 8. The molecule has 0 rings (SSSR count). The van der Waals surface area contributed by atoms with Crippen molar-refractivity contribution in [2.24, 2.45) is 11.5 Å². The number of hydrogen-bond donors (Lipinski definition) is 9. The van der Waals surface area contributed by atoms with E-state index < -0.39 is 97.4 Å². The lowest BCUT2D eigenvalue weighted by atomic mass is 10.1. The molecule has 0 aliphatic heterocycles. The zero-order valence-corrected chi connectivity index (χ0v) is 16.8. The predicted octanol–water partition coefficient (Wildman–Crippen LogP) is -4.85. The first-order valence-corrected chi connectivity index (χ1v) is 8.97. The van der Waals surface area contributed by atoms with Crippen LogP contribution in [0.2, 0.25) is 0 Å². The molecular weight excluding hydrogens is 454 g/mol. The van der Waals surface area contributed by atoms with Crippen molar-refractivity contribution in [3.05, 3.63) is 0 Å². The van der Waals surface area contributed by atoms with E-state index in [1.54, 1.807) is 5.32 Å². The van der Waals surface area contributed by atoms with Crippen molar-refractivity contribution in [3.63, 3.8) is 0 Å². The highest BCUT2D eigenvalue weighted by Crippen LogP contribution is 2.02. The second-order valence-corrected chi connectivity index (χ2v) is 6.59. The maximum atomic E-state index is 12.5. The van der Waals surface area contributed by atoms with Crippen molar-refractivity contribution in [1.29, 1.82) is 0 Å². The van der Waals surface area contributed by atoms with Crippen molar-refractivity contribution in [1.82, 2.24) is 16.0 Å². The maximum Gasteiger partial charge on any atom is 0.326 e. The number of hydrogen-bond acceptors (Lipinski definition) is 9. The second kappa shape index (κ2) is 13.2. The first-order chi connectivity index (χ1) is 15.1. The van der Waals surface area contributed by atoms with Crippen LogP contribution in [-0.4, -0.2) is 92.1 Å². The van der Waals surface area contributed by atoms with E-state index in [9.17, 15) is 38.4 Å². The van der Waals surface area contributed by atoms with Crippen LogP contribution in [0.1, 0.15) is 25.7 Å². The average Bonchev–Trinajstić information content (AvgIpc) is 2.64. The molecule has 184 valence electrons. The largest absolute Gasteiger partial charge is 0.481 e. The maximum absolute atomic E-state index is 12.5. The number of carboxylic acids is 4. The van der Waals surface area contributed by atoms with Crippen LogP contribution in [0.25, 0.3) is 0 Å². The quantitative estimate of drug-likeness (QED) is 0.107.